The van der Waals surface area contributed by atoms with Crippen LogP contribution in [0.3, 0.4) is 0 Å². The number of aliphatic imine (C=N–C) groups is 1. The van der Waals surface area contributed by atoms with Gasteiger partial charge in [0.1, 0.15) is 5.01 Å². The molecule has 0 aromatic carbocycles. The number of nitrogens with two attached hydrogens (primary N) is 1. The summed E-state index contributed by atoms with van der Waals surface area (Å²) in [5.41, 5.74) is 5.88. The van der Waals surface area contributed by atoms with Crippen LogP contribution >= 0.6 is 47.1 Å². The van der Waals surface area contributed by atoms with Gasteiger partial charge in [0, 0.05) is 6.04 Å². The summed E-state index contributed by atoms with van der Waals surface area (Å²) in [5, 5.41) is 12.3. The van der Waals surface area contributed by atoms with Crippen LogP contribution in [0.5, 0.6) is 0 Å². The Labute approximate surface area is 139 Å². The molecule has 0 saturated heterocycles. The summed E-state index contributed by atoms with van der Waals surface area (Å²) < 4.78 is 0.971. The Balaban J connectivity index is 0.00000180. The van der Waals surface area contributed by atoms with E-state index in [9.17, 15) is 0 Å². The molecule has 0 spiro atoms. The van der Waals surface area contributed by atoms with Crippen LogP contribution in [0.1, 0.15) is 37.1 Å². The summed E-state index contributed by atoms with van der Waals surface area (Å²) in [6, 6.07) is 0.499. The lowest BCUT2D eigenvalue weighted by Crippen LogP contribution is -2.41. The van der Waals surface area contributed by atoms with E-state index in [1.54, 1.807) is 23.1 Å². The molecule has 1 fully saturated rings. The third-order valence-electron chi connectivity index (χ3n) is 2.96. The zero-order valence-corrected chi connectivity index (χ0v) is 14.9. The molecule has 1 aliphatic rings. The van der Waals surface area contributed by atoms with Crippen molar-refractivity contribution < 1.29 is 0 Å². The average molecular weight is 413 g/mol. The molecule has 3 N–H and O–H groups in total. The summed E-state index contributed by atoms with van der Waals surface area (Å²) in [7, 11) is 0. The topological polar surface area (TPSA) is 76.2 Å². The number of rotatable bonds is 4. The molecule has 0 radical (unpaired) electrons. The van der Waals surface area contributed by atoms with Crippen LogP contribution < -0.4 is 11.1 Å². The Kier molecular flexibility index (Phi) is 8.00. The molecule has 0 amide bonds. The molecule has 1 saturated carbocycles. The van der Waals surface area contributed by atoms with E-state index < -0.39 is 0 Å². The first-order chi connectivity index (χ1) is 8.78. The van der Waals surface area contributed by atoms with E-state index in [-0.39, 0.29) is 24.0 Å². The Morgan fingerprint density at radius 1 is 1.42 bits per heavy atom. The maximum atomic E-state index is 5.88. The Morgan fingerprint density at radius 3 is 2.79 bits per heavy atom. The Bertz CT molecular complexity index is 404. The number of thioether (sulfide) groups is 1. The van der Waals surface area contributed by atoms with Gasteiger partial charge in [0.25, 0.3) is 0 Å². The molecule has 0 aliphatic heterocycles. The van der Waals surface area contributed by atoms with Gasteiger partial charge in [-0.15, -0.1) is 34.2 Å². The van der Waals surface area contributed by atoms with Gasteiger partial charge in [-0.1, -0.05) is 42.4 Å². The first-order valence-corrected chi connectivity index (χ1v) is 8.25. The fourth-order valence-electron chi connectivity index (χ4n) is 2.04. The largest absolute Gasteiger partial charge is 0.370 e. The quantitative estimate of drug-likeness (QED) is 0.344. The minimum absolute atomic E-state index is 0. The van der Waals surface area contributed by atoms with Crippen molar-refractivity contribution in [2.24, 2.45) is 10.7 Å². The van der Waals surface area contributed by atoms with Crippen molar-refractivity contribution in [1.82, 2.24) is 15.5 Å². The average Bonchev–Trinajstić information content (AvgIpc) is 2.85. The number of guanidine groups is 1. The van der Waals surface area contributed by atoms with Crippen LogP contribution in [0.4, 0.5) is 0 Å². The molecule has 19 heavy (non-hydrogen) atoms. The normalized spacial score (nSPS) is 17.0. The predicted molar refractivity (Wildman–Crippen MR) is 92.4 cm³/mol. The van der Waals surface area contributed by atoms with Gasteiger partial charge in [0.05, 0.1) is 6.54 Å². The second kappa shape index (κ2) is 8.96. The number of halogens is 1. The van der Waals surface area contributed by atoms with E-state index in [0.29, 0.717) is 18.5 Å². The minimum Gasteiger partial charge on any atom is -0.370 e. The minimum atomic E-state index is 0. The molecule has 108 valence electrons. The summed E-state index contributed by atoms with van der Waals surface area (Å²) in [5.74, 6) is 0.530. The maximum Gasteiger partial charge on any atom is 0.189 e. The molecule has 1 aliphatic carbocycles. The van der Waals surface area contributed by atoms with Crippen molar-refractivity contribution >= 4 is 53.0 Å². The van der Waals surface area contributed by atoms with E-state index in [1.807, 2.05) is 6.26 Å². The number of nitrogens with one attached hydrogen (secondary N) is 1. The third-order valence-corrected chi connectivity index (χ3v) is 4.85. The predicted octanol–water partition coefficient (Wildman–Crippen LogP) is 2.62. The van der Waals surface area contributed by atoms with E-state index in [1.165, 1.54) is 32.1 Å². The van der Waals surface area contributed by atoms with Gasteiger partial charge < -0.3 is 11.1 Å². The highest BCUT2D eigenvalue weighted by molar-refractivity contribution is 14.0. The van der Waals surface area contributed by atoms with Gasteiger partial charge in [-0.2, -0.15) is 0 Å². The van der Waals surface area contributed by atoms with E-state index >= 15 is 0 Å². The standard InChI is InChI=1S/C11H19N5S2.HI/c1-17-11-16-15-9(18-11)7-13-10(12)14-8-5-3-2-4-6-8;/h8H,2-7H2,1H3,(H3,12,13,14);1H. The van der Waals surface area contributed by atoms with Gasteiger partial charge in [-0.05, 0) is 19.1 Å². The van der Waals surface area contributed by atoms with Crippen molar-refractivity contribution in [1.29, 1.82) is 0 Å². The molecule has 0 bridgehead atoms. The molecule has 1 heterocycles. The van der Waals surface area contributed by atoms with Crippen LogP contribution in [-0.2, 0) is 6.54 Å². The Hall–Kier alpha value is -0.0900. The molecule has 1 aromatic rings. The number of aromatic nitrogens is 2. The number of nitrogens with zero attached hydrogens (tertiary/aromatic N) is 3. The summed E-state index contributed by atoms with van der Waals surface area (Å²) in [6.45, 7) is 0.518. The van der Waals surface area contributed by atoms with E-state index in [2.05, 4.69) is 20.5 Å². The highest BCUT2D eigenvalue weighted by atomic mass is 127. The van der Waals surface area contributed by atoms with Gasteiger partial charge in [-0.3, -0.25) is 0 Å². The highest BCUT2D eigenvalue weighted by Crippen LogP contribution is 2.20. The van der Waals surface area contributed by atoms with Gasteiger partial charge in [0.15, 0.2) is 10.3 Å². The van der Waals surface area contributed by atoms with Crippen LogP contribution in [0.25, 0.3) is 0 Å². The van der Waals surface area contributed by atoms with Crippen LogP contribution in [0.15, 0.2) is 9.33 Å². The molecular weight excluding hydrogens is 393 g/mol. The van der Waals surface area contributed by atoms with Crippen LogP contribution in [0, 0.1) is 0 Å². The van der Waals surface area contributed by atoms with E-state index in [4.69, 9.17) is 5.73 Å². The Morgan fingerprint density at radius 2 is 2.16 bits per heavy atom. The second-order valence-electron chi connectivity index (χ2n) is 4.35. The first-order valence-electron chi connectivity index (χ1n) is 6.21. The molecule has 5 nitrogen and oxygen atoms in total. The summed E-state index contributed by atoms with van der Waals surface area (Å²) in [4.78, 5) is 4.32. The summed E-state index contributed by atoms with van der Waals surface area (Å²) >= 11 is 3.17. The molecule has 0 atom stereocenters. The molecule has 1 aromatic heterocycles. The summed E-state index contributed by atoms with van der Waals surface area (Å²) in [6.07, 6.45) is 8.32. The zero-order valence-electron chi connectivity index (χ0n) is 11.0. The van der Waals surface area contributed by atoms with Crippen molar-refractivity contribution in [2.45, 2.75) is 49.0 Å². The van der Waals surface area contributed by atoms with Crippen molar-refractivity contribution in [3.8, 4) is 0 Å². The number of hydrogen-bond acceptors (Lipinski definition) is 5. The maximum absolute atomic E-state index is 5.88. The van der Waals surface area contributed by atoms with Crippen molar-refractivity contribution in [3.63, 3.8) is 0 Å². The molecular formula is C11H20IN5S2. The zero-order chi connectivity index (χ0) is 12.8. The third kappa shape index (κ3) is 5.82. The lowest BCUT2D eigenvalue weighted by Gasteiger charge is -2.23. The molecule has 2 rings (SSSR count). The van der Waals surface area contributed by atoms with E-state index in [0.717, 1.165) is 9.35 Å². The van der Waals surface area contributed by atoms with Crippen molar-refractivity contribution in [3.05, 3.63) is 5.01 Å². The van der Waals surface area contributed by atoms with Crippen LogP contribution in [0.2, 0.25) is 0 Å². The highest BCUT2D eigenvalue weighted by Gasteiger charge is 2.13. The smallest absolute Gasteiger partial charge is 0.189 e. The fourth-order valence-corrected chi connectivity index (χ4v) is 3.28. The van der Waals surface area contributed by atoms with Gasteiger partial charge in [0.2, 0.25) is 0 Å². The fraction of sp³-hybridized carbons (Fsp3) is 0.727. The monoisotopic (exact) mass is 413 g/mol. The lowest BCUT2D eigenvalue weighted by atomic mass is 9.96. The molecule has 8 heteroatoms. The van der Waals surface area contributed by atoms with Gasteiger partial charge >= 0.3 is 0 Å². The first kappa shape index (κ1) is 17.0. The van der Waals surface area contributed by atoms with Gasteiger partial charge in [-0.25, -0.2) is 4.99 Å². The van der Waals surface area contributed by atoms with Crippen LogP contribution in [-0.4, -0.2) is 28.5 Å². The number of hydrogen-bond donors (Lipinski definition) is 2. The second-order valence-corrected chi connectivity index (χ2v) is 6.46. The SMILES string of the molecule is CSc1nnc(CN=C(N)NC2CCCCC2)s1.I. The lowest BCUT2D eigenvalue weighted by molar-refractivity contribution is 0.412. The van der Waals surface area contributed by atoms with Crippen molar-refractivity contribution in [2.75, 3.05) is 6.26 Å². The molecule has 0 unspecified atom stereocenters.